The summed E-state index contributed by atoms with van der Waals surface area (Å²) in [7, 11) is 0. The predicted molar refractivity (Wildman–Crippen MR) is 56.7 cm³/mol. The Morgan fingerprint density at radius 1 is 1.53 bits per heavy atom. The molecule has 15 heavy (non-hydrogen) atoms. The number of hydrogen-bond acceptors (Lipinski definition) is 4. The van der Waals surface area contributed by atoms with Gasteiger partial charge in [0.1, 0.15) is 0 Å². The number of anilines is 1. The number of fused-ring (bicyclic) bond motifs is 1. The van der Waals surface area contributed by atoms with Crippen LogP contribution >= 0.6 is 0 Å². The molecule has 0 fully saturated rings. The average Bonchev–Trinajstić information content (AvgIpc) is 2.65. The lowest BCUT2D eigenvalue weighted by Gasteiger charge is -2.02. The Morgan fingerprint density at radius 2 is 2.20 bits per heavy atom. The molecule has 0 spiro atoms. The van der Waals surface area contributed by atoms with E-state index in [4.69, 9.17) is 10.2 Å². The summed E-state index contributed by atoms with van der Waals surface area (Å²) in [5, 5.41) is 7.38. The highest BCUT2D eigenvalue weighted by molar-refractivity contribution is 6.12. The summed E-state index contributed by atoms with van der Waals surface area (Å²) in [6.45, 7) is 5.49. The van der Waals surface area contributed by atoms with Crippen LogP contribution in [0.15, 0.2) is 4.42 Å². The molecule has 0 aliphatic carbocycles. The topological polar surface area (TPSA) is 84.9 Å². The summed E-state index contributed by atoms with van der Waals surface area (Å²) in [4.78, 5) is 11.9. The first kappa shape index (κ1) is 9.76. The van der Waals surface area contributed by atoms with Crippen molar-refractivity contribution in [3.05, 3.63) is 11.3 Å². The molecular formula is C10H13N3O2. The third kappa shape index (κ3) is 1.31. The smallest absolute Gasteiger partial charge is 0.248 e. The minimum Gasteiger partial charge on any atom is -0.420 e. The van der Waals surface area contributed by atoms with Crippen LogP contribution in [0, 0.1) is 12.8 Å². The van der Waals surface area contributed by atoms with Crippen molar-refractivity contribution in [2.45, 2.75) is 20.8 Å². The van der Waals surface area contributed by atoms with Crippen LogP contribution in [0.2, 0.25) is 0 Å². The number of aromatic nitrogens is 2. The van der Waals surface area contributed by atoms with Crippen LogP contribution in [0.25, 0.3) is 11.1 Å². The number of ketones is 1. The van der Waals surface area contributed by atoms with Gasteiger partial charge in [0.25, 0.3) is 0 Å². The molecular weight excluding hydrogens is 194 g/mol. The zero-order chi connectivity index (χ0) is 11.2. The molecule has 2 aromatic heterocycles. The molecule has 0 radical (unpaired) electrons. The van der Waals surface area contributed by atoms with Gasteiger partial charge < -0.3 is 10.2 Å². The SMILES string of the molecule is Cc1[nH]nc2oc(N)c(C(=O)C(C)C)c12. The minimum atomic E-state index is -0.109. The molecule has 0 amide bonds. The number of nitrogens with zero attached hydrogens (tertiary/aromatic N) is 1. The van der Waals surface area contributed by atoms with E-state index in [0.29, 0.717) is 16.7 Å². The van der Waals surface area contributed by atoms with Crippen LogP contribution in [0.4, 0.5) is 5.88 Å². The number of nitrogens with two attached hydrogens (primary N) is 1. The number of rotatable bonds is 2. The van der Waals surface area contributed by atoms with Gasteiger partial charge in [-0.15, -0.1) is 5.10 Å². The van der Waals surface area contributed by atoms with Crippen molar-refractivity contribution < 1.29 is 9.21 Å². The number of carbonyl (C=O) groups excluding carboxylic acids is 1. The van der Waals surface area contributed by atoms with E-state index >= 15 is 0 Å². The van der Waals surface area contributed by atoms with Crippen LogP contribution in [-0.2, 0) is 0 Å². The predicted octanol–water partition coefficient (Wildman–Crippen LogP) is 1.89. The molecule has 0 aliphatic rings. The minimum absolute atomic E-state index is 0.0178. The fourth-order valence-corrected chi connectivity index (χ4v) is 1.59. The molecule has 0 aromatic carbocycles. The van der Waals surface area contributed by atoms with E-state index in [1.54, 1.807) is 0 Å². The normalized spacial score (nSPS) is 11.5. The second kappa shape index (κ2) is 3.12. The molecule has 2 aromatic rings. The van der Waals surface area contributed by atoms with Crippen molar-refractivity contribution in [2.75, 3.05) is 5.73 Å². The van der Waals surface area contributed by atoms with E-state index in [-0.39, 0.29) is 17.6 Å². The molecule has 0 atom stereocenters. The summed E-state index contributed by atoms with van der Waals surface area (Å²) in [5.41, 5.74) is 7.31. The van der Waals surface area contributed by atoms with E-state index in [9.17, 15) is 4.79 Å². The molecule has 2 rings (SSSR count). The van der Waals surface area contributed by atoms with Gasteiger partial charge in [0.05, 0.1) is 10.9 Å². The van der Waals surface area contributed by atoms with Crippen LogP contribution in [-0.4, -0.2) is 16.0 Å². The van der Waals surface area contributed by atoms with Gasteiger partial charge in [-0.25, -0.2) is 0 Å². The third-order valence-corrected chi connectivity index (χ3v) is 2.39. The number of H-pyrrole nitrogens is 1. The van der Waals surface area contributed by atoms with Gasteiger partial charge in [0.15, 0.2) is 5.78 Å². The molecule has 0 saturated heterocycles. The highest BCUT2D eigenvalue weighted by Crippen LogP contribution is 2.30. The first-order valence-electron chi connectivity index (χ1n) is 4.79. The van der Waals surface area contributed by atoms with Crippen LogP contribution in [0.1, 0.15) is 29.9 Å². The maximum atomic E-state index is 11.9. The number of aromatic amines is 1. The molecule has 80 valence electrons. The van der Waals surface area contributed by atoms with E-state index in [1.165, 1.54) is 0 Å². The largest absolute Gasteiger partial charge is 0.420 e. The monoisotopic (exact) mass is 207 g/mol. The summed E-state index contributed by atoms with van der Waals surface area (Å²) >= 11 is 0. The van der Waals surface area contributed by atoms with E-state index in [1.807, 2.05) is 20.8 Å². The molecule has 5 heteroatoms. The van der Waals surface area contributed by atoms with E-state index in [0.717, 1.165) is 5.69 Å². The van der Waals surface area contributed by atoms with Gasteiger partial charge in [0.2, 0.25) is 11.6 Å². The fourth-order valence-electron chi connectivity index (χ4n) is 1.59. The third-order valence-electron chi connectivity index (χ3n) is 2.39. The van der Waals surface area contributed by atoms with Crippen molar-refractivity contribution >= 4 is 22.8 Å². The number of carbonyl (C=O) groups is 1. The maximum absolute atomic E-state index is 11.9. The van der Waals surface area contributed by atoms with Crippen molar-refractivity contribution in [2.24, 2.45) is 5.92 Å². The number of aryl methyl sites for hydroxylation is 1. The van der Waals surface area contributed by atoms with Gasteiger partial charge in [-0.05, 0) is 6.92 Å². The Hall–Kier alpha value is -1.78. The van der Waals surface area contributed by atoms with Gasteiger partial charge >= 0.3 is 0 Å². The van der Waals surface area contributed by atoms with Gasteiger partial charge in [-0.3, -0.25) is 9.89 Å². The van der Waals surface area contributed by atoms with E-state index < -0.39 is 0 Å². The lowest BCUT2D eigenvalue weighted by molar-refractivity contribution is 0.0941. The van der Waals surface area contributed by atoms with Gasteiger partial charge in [-0.1, -0.05) is 13.8 Å². The fraction of sp³-hybridized carbons (Fsp3) is 0.400. The first-order chi connectivity index (χ1) is 7.02. The number of nitrogens with one attached hydrogen (secondary N) is 1. The summed E-state index contributed by atoms with van der Waals surface area (Å²) in [6.07, 6.45) is 0. The second-order valence-electron chi connectivity index (χ2n) is 3.89. The number of Topliss-reactive ketones (excluding diaryl/α,β-unsaturated/α-hetero) is 1. The summed E-state index contributed by atoms with van der Waals surface area (Å²) in [5.74, 6) is 0.0291. The van der Waals surface area contributed by atoms with Crippen LogP contribution < -0.4 is 5.73 Å². The van der Waals surface area contributed by atoms with Crippen LogP contribution in [0.5, 0.6) is 0 Å². The Morgan fingerprint density at radius 3 is 2.80 bits per heavy atom. The van der Waals surface area contributed by atoms with E-state index in [2.05, 4.69) is 10.2 Å². The molecule has 5 nitrogen and oxygen atoms in total. The molecule has 0 bridgehead atoms. The summed E-state index contributed by atoms with van der Waals surface area (Å²) < 4.78 is 5.21. The lowest BCUT2D eigenvalue weighted by atomic mass is 10.0. The van der Waals surface area contributed by atoms with Gasteiger partial charge in [-0.2, -0.15) is 0 Å². The first-order valence-corrected chi connectivity index (χ1v) is 4.79. The molecule has 2 heterocycles. The molecule has 0 aliphatic heterocycles. The quantitative estimate of drug-likeness (QED) is 0.736. The molecule has 0 saturated carbocycles. The second-order valence-corrected chi connectivity index (χ2v) is 3.89. The molecule has 3 N–H and O–H groups in total. The van der Waals surface area contributed by atoms with Crippen molar-refractivity contribution in [3.63, 3.8) is 0 Å². The Bertz CT molecular complexity index is 522. The zero-order valence-corrected chi connectivity index (χ0v) is 8.92. The Balaban J connectivity index is 2.72. The van der Waals surface area contributed by atoms with Crippen molar-refractivity contribution in [3.8, 4) is 0 Å². The zero-order valence-electron chi connectivity index (χ0n) is 8.92. The average molecular weight is 207 g/mol. The Labute approximate surface area is 86.6 Å². The number of nitrogen functional groups attached to an aromatic ring is 1. The number of hydrogen-bond donors (Lipinski definition) is 2. The van der Waals surface area contributed by atoms with Gasteiger partial charge in [0, 0.05) is 11.6 Å². The highest BCUT2D eigenvalue weighted by Gasteiger charge is 2.24. The highest BCUT2D eigenvalue weighted by atomic mass is 16.4. The van der Waals surface area contributed by atoms with Crippen LogP contribution in [0.3, 0.4) is 0 Å². The summed E-state index contributed by atoms with van der Waals surface area (Å²) in [6, 6.07) is 0. The lowest BCUT2D eigenvalue weighted by Crippen LogP contribution is -2.09. The standard InChI is InChI=1S/C10H13N3O2/c1-4(2)8(14)7-6-5(3)12-13-10(6)15-9(7)11/h4H,11H2,1-3H3,(H,12,13). The maximum Gasteiger partial charge on any atom is 0.248 e. The number of furan rings is 1. The Kier molecular flexibility index (Phi) is 2.03. The van der Waals surface area contributed by atoms with Crippen molar-refractivity contribution in [1.82, 2.24) is 10.2 Å². The molecule has 0 unspecified atom stereocenters. The van der Waals surface area contributed by atoms with Crippen molar-refractivity contribution in [1.29, 1.82) is 0 Å².